The molecule has 0 N–H and O–H groups in total. The summed E-state index contributed by atoms with van der Waals surface area (Å²) in [6, 6.07) is 14.6. The van der Waals surface area contributed by atoms with Crippen LogP contribution < -0.4 is 0 Å². The van der Waals surface area contributed by atoms with Gasteiger partial charge < -0.3 is 0 Å². The first kappa shape index (κ1) is 16.0. The summed E-state index contributed by atoms with van der Waals surface area (Å²) in [5.41, 5.74) is 3.74. The predicted octanol–water partition coefficient (Wildman–Crippen LogP) is 4.83. The highest BCUT2D eigenvalue weighted by Gasteiger charge is 2.17. The minimum atomic E-state index is -0.223. The van der Waals surface area contributed by atoms with Crippen molar-refractivity contribution in [1.29, 1.82) is 0 Å². The Morgan fingerprint density at radius 3 is 2.56 bits per heavy atom. The summed E-state index contributed by atoms with van der Waals surface area (Å²) in [4.78, 5) is 4.77. The van der Waals surface area contributed by atoms with Gasteiger partial charge in [0.05, 0.1) is 11.0 Å². The molecule has 25 heavy (non-hydrogen) atoms. The van der Waals surface area contributed by atoms with Crippen molar-refractivity contribution in [3.05, 3.63) is 65.7 Å². The first-order valence-electron chi connectivity index (χ1n) is 8.14. The van der Waals surface area contributed by atoms with Crippen molar-refractivity contribution in [2.45, 2.75) is 30.5 Å². The number of thioether (sulfide) groups is 1. The number of para-hydroxylation sites is 2. The number of aromatic nitrogens is 4. The van der Waals surface area contributed by atoms with E-state index in [0.29, 0.717) is 5.75 Å². The molecule has 2 aromatic carbocycles. The molecule has 126 valence electrons. The molecule has 0 aliphatic heterocycles. The molecule has 4 aromatic rings. The fraction of sp³-hybridized carbons (Fsp3) is 0.211. The second-order valence-corrected chi connectivity index (χ2v) is 7.16. The highest BCUT2D eigenvalue weighted by atomic mass is 32.2. The zero-order valence-corrected chi connectivity index (χ0v) is 14.8. The van der Waals surface area contributed by atoms with Crippen molar-refractivity contribution in [2.75, 3.05) is 0 Å². The van der Waals surface area contributed by atoms with E-state index in [1.54, 1.807) is 23.9 Å². The van der Waals surface area contributed by atoms with Gasteiger partial charge in [-0.25, -0.2) is 9.37 Å². The fourth-order valence-corrected chi connectivity index (χ4v) is 3.70. The topological polar surface area (TPSA) is 43.1 Å². The molecule has 0 fully saturated rings. The Kier molecular flexibility index (Phi) is 4.13. The van der Waals surface area contributed by atoms with E-state index in [2.05, 4.69) is 28.4 Å². The minimum absolute atomic E-state index is 0.223. The highest BCUT2D eigenvalue weighted by Crippen LogP contribution is 2.29. The van der Waals surface area contributed by atoms with Gasteiger partial charge in [-0.2, -0.15) is 0 Å². The fourth-order valence-electron chi connectivity index (χ4n) is 2.78. The molecule has 0 atom stereocenters. The van der Waals surface area contributed by atoms with Crippen molar-refractivity contribution in [1.82, 2.24) is 19.6 Å². The van der Waals surface area contributed by atoms with Crippen LogP contribution in [0.5, 0.6) is 0 Å². The van der Waals surface area contributed by atoms with Crippen molar-refractivity contribution in [3.8, 4) is 0 Å². The van der Waals surface area contributed by atoms with E-state index >= 15 is 0 Å². The molecule has 4 rings (SSSR count). The van der Waals surface area contributed by atoms with Crippen LogP contribution in [0.4, 0.5) is 4.39 Å². The predicted molar refractivity (Wildman–Crippen MR) is 98.3 cm³/mol. The molecule has 0 aliphatic carbocycles. The van der Waals surface area contributed by atoms with Crippen LogP contribution in [0.1, 0.15) is 31.2 Å². The molecule has 0 radical (unpaired) electrons. The van der Waals surface area contributed by atoms with Crippen molar-refractivity contribution >= 4 is 28.4 Å². The van der Waals surface area contributed by atoms with Gasteiger partial charge in [-0.3, -0.25) is 4.40 Å². The summed E-state index contributed by atoms with van der Waals surface area (Å²) in [6.07, 6.45) is 0. The van der Waals surface area contributed by atoms with E-state index in [4.69, 9.17) is 4.98 Å². The Morgan fingerprint density at radius 2 is 1.80 bits per heavy atom. The second-order valence-electron chi connectivity index (χ2n) is 6.19. The van der Waals surface area contributed by atoms with E-state index in [0.717, 1.165) is 33.1 Å². The van der Waals surface area contributed by atoms with Crippen LogP contribution in [0, 0.1) is 5.82 Å². The van der Waals surface area contributed by atoms with E-state index < -0.39 is 0 Å². The summed E-state index contributed by atoms with van der Waals surface area (Å²) in [6.45, 7) is 4.22. The average molecular weight is 352 g/mol. The van der Waals surface area contributed by atoms with Crippen LogP contribution in [0.2, 0.25) is 0 Å². The average Bonchev–Trinajstić information content (AvgIpc) is 3.07. The monoisotopic (exact) mass is 352 g/mol. The zero-order chi connectivity index (χ0) is 17.4. The number of fused-ring (bicyclic) bond motifs is 3. The van der Waals surface area contributed by atoms with Gasteiger partial charge in [-0.05, 0) is 29.8 Å². The molecule has 0 bridgehead atoms. The van der Waals surface area contributed by atoms with Crippen LogP contribution in [0.25, 0.3) is 16.7 Å². The Hall–Kier alpha value is -2.47. The highest BCUT2D eigenvalue weighted by molar-refractivity contribution is 7.98. The summed E-state index contributed by atoms with van der Waals surface area (Å²) in [5.74, 6) is 1.66. The maximum atomic E-state index is 13.1. The summed E-state index contributed by atoms with van der Waals surface area (Å²) < 4.78 is 15.2. The van der Waals surface area contributed by atoms with Crippen molar-refractivity contribution < 1.29 is 4.39 Å². The van der Waals surface area contributed by atoms with E-state index in [-0.39, 0.29) is 11.7 Å². The van der Waals surface area contributed by atoms with Gasteiger partial charge in [0.15, 0.2) is 5.65 Å². The molecule has 4 nitrogen and oxygen atoms in total. The van der Waals surface area contributed by atoms with Crippen LogP contribution >= 0.6 is 11.8 Å². The lowest BCUT2D eigenvalue weighted by atomic mass is 10.2. The SMILES string of the molecule is CC(C)c1nnc2c(SCc3ccc(F)cc3)nc3ccccc3n12. The smallest absolute Gasteiger partial charge is 0.193 e. The molecule has 0 saturated carbocycles. The third-order valence-corrected chi connectivity index (χ3v) is 5.05. The maximum Gasteiger partial charge on any atom is 0.193 e. The van der Waals surface area contributed by atoms with Gasteiger partial charge in [0.2, 0.25) is 0 Å². The standard InChI is InChI=1S/C19H17FN4S/c1-12(2)17-22-23-18-19(25-11-13-7-9-14(20)10-8-13)21-15-5-3-4-6-16(15)24(17)18/h3-10,12H,11H2,1-2H3. The molecule has 2 aromatic heterocycles. The quantitative estimate of drug-likeness (QED) is 0.493. The number of nitrogens with zero attached hydrogens (tertiary/aromatic N) is 4. The normalized spacial score (nSPS) is 11.7. The summed E-state index contributed by atoms with van der Waals surface area (Å²) in [5, 5.41) is 9.60. The third kappa shape index (κ3) is 2.98. The molecule has 0 saturated heterocycles. The Bertz CT molecular complexity index is 1040. The zero-order valence-electron chi connectivity index (χ0n) is 14.0. The molecule has 0 amide bonds. The summed E-state index contributed by atoms with van der Waals surface area (Å²) >= 11 is 1.59. The maximum absolute atomic E-state index is 13.1. The van der Waals surface area contributed by atoms with Crippen LogP contribution in [-0.2, 0) is 5.75 Å². The largest absolute Gasteiger partial charge is 0.275 e. The van der Waals surface area contributed by atoms with Gasteiger partial charge in [0.25, 0.3) is 0 Å². The lowest BCUT2D eigenvalue weighted by Crippen LogP contribution is -2.01. The van der Waals surface area contributed by atoms with Crippen molar-refractivity contribution in [2.24, 2.45) is 0 Å². The first-order chi connectivity index (χ1) is 12.1. The number of rotatable bonds is 4. The van der Waals surface area contributed by atoms with Crippen LogP contribution in [-0.4, -0.2) is 19.6 Å². The van der Waals surface area contributed by atoms with E-state index in [1.807, 2.05) is 24.3 Å². The van der Waals surface area contributed by atoms with Crippen molar-refractivity contribution in [3.63, 3.8) is 0 Å². The Morgan fingerprint density at radius 1 is 1.04 bits per heavy atom. The molecule has 6 heteroatoms. The lowest BCUT2D eigenvalue weighted by molar-refractivity contribution is 0.627. The minimum Gasteiger partial charge on any atom is -0.275 e. The number of hydrogen-bond acceptors (Lipinski definition) is 4. The first-order valence-corrected chi connectivity index (χ1v) is 9.13. The second kappa shape index (κ2) is 6.44. The molecule has 0 unspecified atom stereocenters. The van der Waals surface area contributed by atoms with Gasteiger partial charge in [0.1, 0.15) is 16.7 Å². The summed E-state index contributed by atoms with van der Waals surface area (Å²) in [7, 11) is 0. The lowest BCUT2D eigenvalue weighted by Gasteiger charge is -2.09. The van der Waals surface area contributed by atoms with Crippen LogP contribution in [0.15, 0.2) is 53.6 Å². The number of benzene rings is 2. The molecule has 2 heterocycles. The number of hydrogen-bond donors (Lipinski definition) is 0. The third-order valence-electron chi connectivity index (χ3n) is 4.03. The molecular formula is C19H17FN4S. The Labute approximate surface area is 149 Å². The molecule has 0 spiro atoms. The van der Waals surface area contributed by atoms with E-state index in [9.17, 15) is 4.39 Å². The molecule has 0 aliphatic rings. The van der Waals surface area contributed by atoms with Gasteiger partial charge in [0, 0.05) is 11.7 Å². The van der Waals surface area contributed by atoms with Gasteiger partial charge in [-0.15, -0.1) is 10.2 Å². The van der Waals surface area contributed by atoms with Gasteiger partial charge >= 0.3 is 0 Å². The van der Waals surface area contributed by atoms with E-state index in [1.165, 1.54) is 12.1 Å². The van der Waals surface area contributed by atoms with Gasteiger partial charge in [-0.1, -0.05) is 49.9 Å². The molecular weight excluding hydrogens is 335 g/mol. The Balaban J connectivity index is 1.81. The van der Waals surface area contributed by atoms with Crippen LogP contribution in [0.3, 0.4) is 0 Å². The number of halogens is 1.